The van der Waals surface area contributed by atoms with Crippen molar-refractivity contribution < 1.29 is 4.79 Å². The van der Waals surface area contributed by atoms with E-state index < -0.39 is 0 Å². The molecule has 2 aromatic rings. The van der Waals surface area contributed by atoms with E-state index in [0.29, 0.717) is 17.0 Å². The summed E-state index contributed by atoms with van der Waals surface area (Å²) in [7, 11) is 0. The van der Waals surface area contributed by atoms with Gasteiger partial charge in [0.2, 0.25) is 11.1 Å². The third-order valence-electron chi connectivity index (χ3n) is 3.17. The van der Waals surface area contributed by atoms with Crippen LogP contribution in [0.25, 0.3) is 11.4 Å². The standard InChI is InChI=1S/C14H15BrN4OS/c1-8(13(20)16-9-6-7-9)21-14-17-12(18-19-14)10-4-2-3-5-11(10)15/h2-5,8-9H,6-7H2,1H3,(H,16,20)(H,17,18,19). The number of nitrogens with zero attached hydrogens (tertiary/aromatic N) is 2. The number of benzene rings is 1. The summed E-state index contributed by atoms with van der Waals surface area (Å²) < 4.78 is 0.956. The first-order chi connectivity index (χ1) is 10.1. The third-order valence-corrected chi connectivity index (χ3v) is 4.82. The Bertz CT molecular complexity index is 656. The maximum absolute atomic E-state index is 11.9. The lowest BCUT2D eigenvalue weighted by atomic mass is 10.2. The lowest BCUT2D eigenvalue weighted by Gasteiger charge is -2.08. The number of amides is 1. The molecule has 1 amide bonds. The van der Waals surface area contributed by atoms with Crippen LogP contribution < -0.4 is 5.32 Å². The van der Waals surface area contributed by atoms with Crippen molar-refractivity contribution in [2.75, 3.05) is 0 Å². The summed E-state index contributed by atoms with van der Waals surface area (Å²) in [6.45, 7) is 1.87. The fourth-order valence-corrected chi connectivity index (χ4v) is 3.04. The molecule has 1 aliphatic rings. The maximum Gasteiger partial charge on any atom is 0.233 e. The second-order valence-corrected chi connectivity index (χ2v) is 7.15. The van der Waals surface area contributed by atoms with E-state index in [2.05, 4.69) is 36.4 Å². The van der Waals surface area contributed by atoms with Crippen LogP contribution in [0.4, 0.5) is 0 Å². The second kappa shape index (κ2) is 6.19. The van der Waals surface area contributed by atoms with E-state index in [-0.39, 0.29) is 11.2 Å². The summed E-state index contributed by atoms with van der Waals surface area (Å²) in [6, 6.07) is 8.19. The number of rotatable bonds is 5. The Morgan fingerprint density at radius 1 is 1.48 bits per heavy atom. The summed E-state index contributed by atoms with van der Waals surface area (Å²) in [5, 5.41) is 10.5. The first kappa shape index (κ1) is 14.6. The Balaban J connectivity index is 1.67. The van der Waals surface area contributed by atoms with Crippen LogP contribution in [0.3, 0.4) is 0 Å². The minimum Gasteiger partial charge on any atom is -0.352 e. The zero-order valence-electron chi connectivity index (χ0n) is 11.5. The molecule has 1 atom stereocenters. The third kappa shape index (κ3) is 3.65. The van der Waals surface area contributed by atoms with Crippen LogP contribution in [0.2, 0.25) is 0 Å². The van der Waals surface area contributed by atoms with Crippen molar-refractivity contribution in [3.8, 4) is 11.4 Å². The molecule has 3 rings (SSSR count). The molecule has 110 valence electrons. The lowest BCUT2D eigenvalue weighted by Crippen LogP contribution is -2.32. The normalized spacial score (nSPS) is 15.7. The fraction of sp³-hybridized carbons (Fsp3) is 0.357. The van der Waals surface area contributed by atoms with Crippen molar-refractivity contribution in [1.29, 1.82) is 0 Å². The minimum atomic E-state index is -0.200. The Morgan fingerprint density at radius 3 is 2.95 bits per heavy atom. The van der Waals surface area contributed by atoms with Crippen LogP contribution >= 0.6 is 27.7 Å². The number of halogens is 1. The molecule has 1 saturated carbocycles. The summed E-state index contributed by atoms with van der Waals surface area (Å²) in [5.41, 5.74) is 0.951. The zero-order chi connectivity index (χ0) is 14.8. The highest BCUT2D eigenvalue weighted by atomic mass is 79.9. The minimum absolute atomic E-state index is 0.0507. The van der Waals surface area contributed by atoms with Gasteiger partial charge < -0.3 is 5.32 Å². The molecule has 0 bridgehead atoms. The summed E-state index contributed by atoms with van der Waals surface area (Å²) in [5.74, 6) is 0.745. The molecule has 0 radical (unpaired) electrons. The molecule has 1 fully saturated rings. The van der Waals surface area contributed by atoms with Gasteiger partial charge in [0, 0.05) is 16.1 Å². The van der Waals surface area contributed by atoms with Crippen LogP contribution in [-0.2, 0) is 4.79 Å². The number of carbonyl (C=O) groups excluding carboxylic acids is 1. The monoisotopic (exact) mass is 366 g/mol. The molecular weight excluding hydrogens is 352 g/mol. The van der Waals surface area contributed by atoms with Gasteiger partial charge in [0.1, 0.15) is 0 Å². The molecule has 1 aliphatic carbocycles. The Morgan fingerprint density at radius 2 is 2.24 bits per heavy atom. The number of hydrogen-bond donors (Lipinski definition) is 2. The van der Waals surface area contributed by atoms with E-state index in [1.54, 1.807) is 0 Å². The van der Waals surface area contributed by atoms with Gasteiger partial charge in [0.15, 0.2) is 5.82 Å². The Kier molecular flexibility index (Phi) is 4.30. The predicted octanol–water partition coefficient (Wildman–Crippen LogP) is 2.99. The van der Waals surface area contributed by atoms with Crippen LogP contribution in [-0.4, -0.2) is 32.4 Å². The molecule has 0 saturated heterocycles. The van der Waals surface area contributed by atoms with E-state index in [9.17, 15) is 4.79 Å². The first-order valence-corrected chi connectivity index (χ1v) is 8.45. The molecule has 7 heteroatoms. The molecule has 21 heavy (non-hydrogen) atoms. The number of nitrogens with one attached hydrogen (secondary N) is 2. The van der Waals surface area contributed by atoms with Gasteiger partial charge in [0.05, 0.1) is 5.25 Å². The van der Waals surface area contributed by atoms with Gasteiger partial charge in [-0.3, -0.25) is 9.89 Å². The average molecular weight is 367 g/mol. The largest absolute Gasteiger partial charge is 0.352 e. The van der Waals surface area contributed by atoms with Gasteiger partial charge in [-0.15, -0.1) is 5.10 Å². The molecule has 5 nitrogen and oxygen atoms in total. The van der Waals surface area contributed by atoms with Crippen molar-refractivity contribution in [2.45, 2.75) is 36.2 Å². The van der Waals surface area contributed by atoms with Gasteiger partial charge in [-0.2, -0.15) is 0 Å². The highest BCUT2D eigenvalue weighted by Crippen LogP contribution is 2.28. The van der Waals surface area contributed by atoms with Crippen molar-refractivity contribution in [1.82, 2.24) is 20.5 Å². The molecule has 1 unspecified atom stereocenters. The van der Waals surface area contributed by atoms with Crippen LogP contribution in [0.1, 0.15) is 19.8 Å². The average Bonchev–Trinajstić information content (AvgIpc) is 3.16. The SMILES string of the molecule is CC(Sc1n[nH]c(-c2ccccc2Br)n1)C(=O)NC1CC1. The highest BCUT2D eigenvalue weighted by Gasteiger charge is 2.26. The van der Waals surface area contributed by atoms with E-state index in [4.69, 9.17) is 0 Å². The van der Waals surface area contributed by atoms with E-state index >= 15 is 0 Å². The van der Waals surface area contributed by atoms with Crippen molar-refractivity contribution in [3.05, 3.63) is 28.7 Å². The van der Waals surface area contributed by atoms with Crippen molar-refractivity contribution in [2.24, 2.45) is 0 Å². The van der Waals surface area contributed by atoms with E-state index in [1.165, 1.54) is 11.8 Å². The van der Waals surface area contributed by atoms with Crippen LogP contribution in [0.5, 0.6) is 0 Å². The van der Waals surface area contributed by atoms with Gasteiger partial charge in [-0.05, 0) is 25.8 Å². The molecule has 1 aromatic carbocycles. The summed E-state index contributed by atoms with van der Waals surface area (Å²) in [4.78, 5) is 16.4. The smallest absolute Gasteiger partial charge is 0.233 e. The van der Waals surface area contributed by atoms with Gasteiger partial charge >= 0.3 is 0 Å². The van der Waals surface area contributed by atoms with Crippen LogP contribution in [0.15, 0.2) is 33.9 Å². The molecule has 1 heterocycles. The molecule has 0 aliphatic heterocycles. The first-order valence-electron chi connectivity index (χ1n) is 6.78. The number of carbonyl (C=O) groups is 1. The molecule has 1 aromatic heterocycles. The van der Waals surface area contributed by atoms with Crippen LogP contribution in [0, 0.1) is 0 Å². The molecule has 0 spiro atoms. The quantitative estimate of drug-likeness (QED) is 0.797. The number of thioether (sulfide) groups is 1. The zero-order valence-corrected chi connectivity index (χ0v) is 13.9. The lowest BCUT2D eigenvalue weighted by molar-refractivity contribution is -0.120. The van der Waals surface area contributed by atoms with Crippen molar-refractivity contribution >= 4 is 33.6 Å². The number of hydrogen-bond acceptors (Lipinski definition) is 4. The number of H-pyrrole nitrogens is 1. The molecular formula is C14H15BrN4OS. The second-order valence-electron chi connectivity index (χ2n) is 4.99. The topological polar surface area (TPSA) is 70.7 Å². The van der Waals surface area contributed by atoms with Gasteiger partial charge in [-0.1, -0.05) is 45.9 Å². The number of aromatic amines is 1. The van der Waals surface area contributed by atoms with E-state index in [1.807, 2.05) is 31.2 Å². The Labute approximate surface area is 135 Å². The Hall–Kier alpha value is -1.34. The summed E-state index contributed by atoms with van der Waals surface area (Å²) >= 11 is 4.85. The number of aromatic nitrogens is 3. The summed E-state index contributed by atoms with van der Waals surface area (Å²) in [6.07, 6.45) is 2.19. The van der Waals surface area contributed by atoms with Crippen molar-refractivity contribution in [3.63, 3.8) is 0 Å². The highest BCUT2D eigenvalue weighted by molar-refractivity contribution is 9.10. The predicted molar refractivity (Wildman–Crippen MR) is 86.0 cm³/mol. The van der Waals surface area contributed by atoms with Gasteiger partial charge in [-0.25, -0.2) is 4.98 Å². The fourth-order valence-electron chi connectivity index (χ4n) is 1.83. The van der Waals surface area contributed by atoms with Gasteiger partial charge in [0.25, 0.3) is 0 Å². The van der Waals surface area contributed by atoms with E-state index in [0.717, 1.165) is 22.9 Å². The molecule has 2 N–H and O–H groups in total. The maximum atomic E-state index is 11.9.